The molecule has 0 atom stereocenters. The molecule has 128 valence electrons. The monoisotopic (exact) mass is 365 g/mol. The molecular weight excluding hydrogens is 346 g/mol. The number of benzene rings is 2. The summed E-state index contributed by atoms with van der Waals surface area (Å²) in [7, 11) is 3.05. The van der Waals surface area contributed by atoms with Crippen LogP contribution in [0.2, 0.25) is 5.02 Å². The fraction of sp³-hybridized carbons (Fsp3) is 0.278. The Morgan fingerprint density at radius 2 is 1.79 bits per heavy atom. The predicted molar refractivity (Wildman–Crippen MR) is 99.9 cm³/mol. The van der Waals surface area contributed by atoms with E-state index in [1.165, 1.54) is 14.2 Å². The lowest BCUT2D eigenvalue weighted by atomic mass is 10.2. The van der Waals surface area contributed by atoms with Crippen LogP contribution in [0.3, 0.4) is 0 Å². The van der Waals surface area contributed by atoms with E-state index in [9.17, 15) is 4.79 Å². The average Bonchev–Trinajstić information content (AvgIpc) is 2.55. The highest BCUT2D eigenvalue weighted by Gasteiger charge is 2.16. The van der Waals surface area contributed by atoms with Gasteiger partial charge in [0, 0.05) is 22.3 Å². The number of amides is 1. The van der Waals surface area contributed by atoms with Crippen molar-refractivity contribution in [1.29, 1.82) is 0 Å². The van der Waals surface area contributed by atoms with Crippen molar-refractivity contribution in [2.45, 2.75) is 24.0 Å². The number of ether oxygens (including phenoxy) is 2. The number of hydrogen-bond acceptors (Lipinski definition) is 4. The number of rotatable bonds is 6. The Kier molecular flexibility index (Phi) is 6.40. The number of nitrogens with one attached hydrogen (secondary N) is 1. The molecule has 2 aromatic rings. The van der Waals surface area contributed by atoms with Gasteiger partial charge in [-0.15, -0.1) is 11.8 Å². The molecule has 0 spiro atoms. The first-order chi connectivity index (χ1) is 11.5. The minimum absolute atomic E-state index is 0.207. The molecule has 1 amide bonds. The summed E-state index contributed by atoms with van der Waals surface area (Å²) in [6.45, 7) is 4.18. The standard InChI is InChI=1S/C18H20ClNO3S/c1-11(2)24-17-8-6-5-7-12(17)18(21)20-14-10-15(22-3)13(19)9-16(14)23-4/h5-11H,1-4H3,(H,20,21). The zero-order valence-corrected chi connectivity index (χ0v) is 15.6. The lowest BCUT2D eigenvalue weighted by molar-refractivity contribution is 0.102. The van der Waals surface area contributed by atoms with E-state index >= 15 is 0 Å². The van der Waals surface area contributed by atoms with Gasteiger partial charge in [0.05, 0.1) is 30.5 Å². The van der Waals surface area contributed by atoms with Crippen LogP contribution in [0.5, 0.6) is 11.5 Å². The van der Waals surface area contributed by atoms with Gasteiger partial charge in [0.1, 0.15) is 11.5 Å². The second kappa shape index (κ2) is 8.31. The third-order valence-corrected chi connectivity index (χ3v) is 4.59. The van der Waals surface area contributed by atoms with E-state index in [2.05, 4.69) is 19.2 Å². The third-order valence-electron chi connectivity index (χ3n) is 3.22. The van der Waals surface area contributed by atoms with Crippen LogP contribution in [0.25, 0.3) is 0 Å². The van der Waals surface area contributed by atoms with Crippen LogP contribution in [-0.4, -0.2) is 25.4 Å². The molecule has 0 bridgehead atoms. The molecule has 0 aromatic heterocycles. The van der Waals surface area contributed by atoms with Crippen LogP contribution in [-0.2, 0) is 0 Å². The second-order valence-electron chi connectivity index (χ2n) is 5.30. The van der Waals surface area contributed by atoms with Crippen molar-refractivity contribution in [2.75, 3.05) is 19.5 Å². The van der Waals surface area contributed by atoms with Gasteiger partial charge in [-0.3, -0.25) is 4.79 Å². The van der Waals surface area contributed by atoms with E-state index in [-0.39, 0.29) is 5.91 Å². The molecule has 0 saturated heterocycles. The molecule has 0 fully saturated rings. The molecular formula is C18H20ClNO3S. The van der Waals surface area contributed by atoms with Crippen molar-refractivity contribution in [3.8, 4) is 11.5 Å². The fourth-order valence-corrected chi connectivity index (χ4v) is 3.34. The molecule has 0 saturated carbocycles. The van der Waals surface area contributed by atoms with Crippen LogP contribution in [0, 0.1) is 0 Å². The maximum Gasteiger partial charge on any atom is 0.256 e. The molecule has 0 aliphatic rings. The van der Waals surface area contributed by atoms with Gasteiger partial charge in [-0.2, -0.15) is 0 Å². The van der Waals surface area contributed by atoms with E-state index in [0.717, 1.165) is 4.90 Å². The lowest BCUT2D eigenvalue weighted by Gasteiger charge is -2.15. The number of carbonyl (C=O) groups excluding carboxylic acids is 1. The number of carbonyl (C=O) groups is 1. The highest BCUT2D eigenvalue weighted by atomic mass is 35.5. The summed E-state index contributed by atoms with van der Waals surface area (Å²) in [6, 6.07) is 10.8. The van der Waals surface area contributed by atoms with E-state index < -0.39 is 0 Å². The van der Waals surface area contributed by atoms with Gasteiger partial charge in [-0.1, -0.05) is 37.6 Å². The number of hydrogen-bond donors (Lipinski definition) is 1. The highest BCUT2D eigenvalue weighted by Crippen LogP contribution is 2.36. The van der Waals surface area contributed by atoms with Crippen molar-refractivity contribution in [1.82, 2.24) is 0 Å². The Bertz CT molecular complexity index is 734. The van der Waals surface area contributed by atoms with Crippen molar-refractivity contribution in [3.05, 3.63) is 47.0 Å². The summed E-state index contributed by atoms with van der Waals surface area (Å²) in [5, 5.41) is 3.68. The molecule has 4 nitrogen and oxygen atoms in total. The summed E-state index contributed by atoms with van der Waals surface area (Å²) in [6.07, 6.45) is 0. The number of thioether (sulfide) groups is 1. The van der Waals surface area contributed by atoms with Gasteiger partial charge < -0.3 is 14.8 Å². The maximum atomic E-state index is 12.7. The molecule has 24 heavy (non-hydrogen) atoms. The first kappa shape index (κ1) is 18.5. The van der Waals surface area contributed by atoms with E-state index in [4.69, 9.17) is 21.1 Å². The molecule has 2 rings (SSSR count). The van der Waals surface area contributed by atoms with Crippen LogP contribution < -0.4 is 14.8 Å². The fourth-order valence-electron chi connectivity index (χ4n) is 2.16. The Balaban J connectivity index is 2.33. The third kappa shape index (κ3) is 4.36. The first-order valence-corrected chi connectivity index (χ1v) is 8.70. The molecule has 0 aliphatic carbocycles. The van der Waals surface area contributed by atoms with E-state index in [1.54, 1.807) is 30.0 Å². The maximum absolute atomic E-state index is 12.7. The van der Waals surface area contributed by atoms with Crippen LogP contribution in [0.15, 0.2) is 41.3 Å². The summed E-state index contributed by atoms with van der Waals surface area (Å²) >= 11 is 7.74. The highest BCUT2D eigenvalue weighted by molar-refractivity contribution is 8.00. The van der Waals surface area contributed by atoms with Crippen LogP contribution >= 0.6 is 23.4 Å². The Morgan fingerprint density at radius 3 is 2.42 bits per heavy atom. The summed E-state index contributed by atoms with van der Waals surface area (Å²) < 4.78 is 10.5. The summed E-state index contributed by atoms with van der Waals surface area (Å²) in [5.41, 5.74) is 1.13. The summed E-state index contributed by atoms with van der Waals surface area (Å²) in [4.78, 5) is 13.7. The molecule has 2 aromatic carbocycles. The topological polar surface area (TPSA) is 47.6 Å². The largest absolute Gasteiger partial charge is 0.495 e. The van der Waals surface area contributed by atoms with E-state index in [0.29, 0.717) is 33.0 Å². The number of methoxy groups -OCH3 is 2. The van der Waals surface area contributed by atoms with Crippen molar-refractivity contribution >= 4 is 35.0 Å². The first-order valence-electron chi connectivity index (χ1n) is 7.44. The molecule has 0 unspecified atom stereocenters. The number of anilines is 1. The number of halogens is 1. The Labute approximate surface area is 151 Å². The van der Waals surface area contributed by atoms with Gasteiger partial charge in [0.25, 0.3) is 5.91 Å². The summed E-state index contributed by atoms with van der Waals surface area (Å²) in [5.74, 6) is 0.738. The predicted octanol–water partition coefficient (Wildman–Crippen LogP) is 5.11. The molecule has 0 radical (unpaired) electrons. The SMILES string of the molecule is COc1cc(NC(=O)c2ccccc2SC(C)C)c(OC)cc1Cl. The zero-order chi connectivity index (χ0) is 17.7. The minimum atomic E-state index is -0.207. The molecule has 0 heterocycles. The van der Waals surface area contributed by atoms with Crippen LogP contribution in [0.1, 0.15) is 24.2 Å². The zero-order valence-electron chi connectivity index (χ0n) is 14.1. The lowest BCUT2D eigenvalue weighted by Crippen LogP contribution is -2.14. The Morgan fingerprint density at radius 1 is 1.12 bits per heavy atom. The van der Waals surface area contributed by atoms with Crippen molar-refractivity contribution < 1.29 is 14.3 Å². The smallest absolute Gasteiger partial charge is 0.256 e. The van der Waals surface area contributed by atoms with Crippen LogP contribution in [0.4, 0.5) is 5.69 Å². The minimum Gasteiger partial charge on any atom is -0.495 e. The Hall–Kier alpha value is -1.85. The van der Waals surface area contributed by atoms with Crippen molar-refractivity contribution in [3.63, 3.8) is 0 Å². The van der Waals surface area contributed by atoms with E-state index in [1.807, 2.05) is 18.2 Å². The van der Waals surface area contributed by atoms with Gasteiger partial charge >= 0.3 is 0 Å². The van der Waals surface area contributed by atoms with Gasteiger partial charge in [0.2, 0.25) is 0 Å². The second-order valence-corrected chi connectivity index (χ2v) is 7.33. The quantitative estimate of drug-likeness (QED) is 0.722. The molecule has 6 heteroatoms. The normalized spacial score (nSPS) is 10.6. The van der Waals surface area contributed by atoms with Gasteiger partial charge in [0.15, 0.2) is 0 Å². The van der Waals surface area contributed by atoms with Gasteiger partial charge in [-0.25, -0.2) is 0 Å². The van der Waals surface area contributed by atoms with Crippen molar-refractivity contribution in [2.24, 2.45) is 0 Å². The molecule has 1 N–H and O–H groups in total. The molecule has 0 aliphatic heterocycles. The van der Waals surface area contributed by atoms with Gasteiger partial charge in [-0.05, 0) is 12.1 Å². The average molecular weight is 366 g/mol.